The lowest BCUT2D eigenvalue weighted by atomic mass is 10.0. The van der Waals surface area contributed by atoms with Crippen LogP contribution in [-0.4, -0.2) is 36.3 Å². The molecule has 4 nitrogen and oxygen atoms in total. The smallest absolute Gasteiger partial charge is 0.133 e. The van der Waals surface area contributed by atoms with Gasteiger partial charge in [-0.2, -0.15) is 0 Å². The predicted octanol–water partition coefficient (Wildman–Crippen LogP) is 1.57. The zero-order chi connectivity index (χ0) is 13.1. The van der Waals surface area contributed by atoms with Gasteiger partial charge in [0.2, 0.25) is 0 Å². The van der Waals surface area contributed by atoms with E-state index >= 15 is 0 Å². The summed E-state index contributed by atoms with van der Waals surface area (Å²) in [6.45, 7) is 5.51. The molecule has 2 N–H and O–H groups in total. The third-order valence-electron chi connectivity index (χ3n) is 4.06. The van der Waals surface area contributed by atoms with Gasteiger partial charge in [-0.15, -0.1) is 0 Å². The summed E-state index contributed by atoms with van der Waals surface area (Å²) >= 11 is 0. The lowest BCUT2D eigenvalue weighted by Gasteiger charge is -2.29. The largest absolute Gasteiger partial charge is 0.394 e. The number of anilines is 1. The molecule has 0 saturated carbocycles. The highest BCUT2D eigenvalue weighted by Crippen LogP contribution is 2.32. The topological polar surface area (TPSA) is 48.4 Å². The molecule has 0 bridgehead atoms. The van der Waals surface area contributed by atoms with Crippen LogP contribution in [-0.2, 0) is 0 Å². The maximum absolute atomic E-state index is 9.57. The van der Waals surface area contributed by atoms with E-state index in [1.165, 1.54) is 5.56 Å². The van der Waals surface area contributed by atoms with Crippen LogP contribution in [0.25, 0.3) is 0 Å². The predicted molar refractivity (Wildman–Crippen MR) is 73.7 cm³/mol. The van der Waals surface area contributed by atoms with E-state index in [1.54, 1.807) is 0 Å². The highest BCUT2D eigenvalue weighted by molar-refractivity contribution is 5.50. The monoisotopic (exact) mass is 249 g/mol. The van der Waals surface area contributed by atoms with Crippen LogP contribution >= 0.6 is 0 Å². The Kier molecular flexibility index (Phi) is 4.19. The fraction of sp³-hybridized carbons (Fsp3) is 0.643. The van der Waals surface area contributed by atoms with Crippen LogP contribution < -0.4 is 10.2 Å². The molecule has 0 radical (unpaired) electrons. The van der Waals surface area contributed by atoms with Gasteiger partial charge in [0.15, 0.2) is 0 Å². The van der Waals surface area contributed by atoms with Crippen molar-refractivity contribution in [3.05, 3.63) is 23.9 Å². The Balaban J connectivity index is 2.33. The highest BCUT2D eigenvalue weighted by atomic mass is 16.3. The molecule has 1 aromatic heterocycles. The number of aliphatic hydroxyl groups excluding tert-OH is 1. The number of hydrogen-bond donors (Lipinski definition) is 2. The Labute approximate surface area is 109 Å². The van der Waals surface area contributed by atoms with Crippen molar-refractivity contribution in [3.8, 4) is 0 Å². The van der Waals surface area contributed by atoms with Crippen molar-refractivity contribution >= 4 is 5.82 Å². The maximum Gasteiger partial charge on any atom is 0.133 e. The quantitative estimate of drug-likeness (QED) is 0.850. The number of nitrogens with zero attached hydrogens (tertiary/aromatic N) is 2. The van der Waals surface area contributed by atoms with Crippen LogP contribution in [0.1, 0.15) is 31.9 Å². The molecule has 1 aromatic rings. The van der Waals surface area contributed by atoms with Crippen molar-refractivity contribution in [1.29, 1.82) is 0 Å². The van der Waals surface area contributed by atoms with E-state index in [-0.39, 0.29) is 18.7 Å². The fourth-order valence-electron chi connectivity index (χ4n) is 2.69. The standard InChI is InChI=1S/C14H23N3O/c1-10-6-8-17(13(10)9-18)14-12(11(2)15-3)5-4-7-16-14/h4-5,7,10-11,13,15,18H,6,8-9H2,1-3H3. The van der Waals surface area contributed by atoms with Crippen molar-refractivity contribution in [2.45, 2.75) is 32.4 Å². The van der Waals surface area contributed by atoms with Gasteiger partial charge in [0.1, 0.15) is 5.82 Å². The third-order valence-corrected chi connectivity index (χ3v) is 4.06. The summed E-state index contributed by atoms with van der Waals surface area (Å²) in [5, 5.41) is 12.8. The Morgan fingerprint density at radius 2 is 2.39 bits per heavy atom. The van der Waals surface area contributed by atoms with Crippen LogP contribution in [0.15, 0.2) is 18.3 Å². The van der Waals surface area contributed by atoms with Crippen LogP contribution in [0.2, 0.25) is 0 Å². The second-order valence-electron chi connectivity index (χ2n) is 5.14. The van der Waals surface area contributed by atoms with Gasteiger partial charge in [0.25, 0.3) is 0 Å². The zero-order valence-corrected chi connectivity index (χ0v) is 11.4. The van der Waals surface area contributed by atoms with Gasteiger partial charge in [-0.3, -0.25) is 0 Å². The second-order valence-corrected chi connectivity index (χ2v) is 5.14. The molecule has 2 rings (SSSR count). The molecule has 18 heavy (non-hydrogen) atoms. The number of nitrogens with one attached hydrogen (secondary N) is 1. The van der Waals surface area contributed by atoms with Gasteiger partial charge in [0, 0.05) is 24.3 Å². The molecule has 1 aliphatic rings. The van der Waals surface area contributed by atoms with E-state index in [1.807, 2.05) is 19.3 Å². The summed E-state index contributed by atoms with van der Waals surface area (Å²) in [6.07, 6.45) is 2.95. The molecule has 1 saturated heterocycles. The summed E-state index contributed by atoms with van der Waals surface area (Å²) in [6, 6.07) is 4.55. The molecule has 1 aliphatic heterocycles. The molecule has 3 atom stereocenters. The van der Waals surface area contributed by atoms with Crippen molar-refractivity contribution in [2.24, 2.45) is 5.92 Å². The average molecular weight is 249 g/mol. The Morgan fingerprint density at radius 3 is 3.06 bits per heavy atom. The molecule has 2 heterocycles. The third kappa shape index (κ3) is 2.35. The van der Waals surface area contributed by atoms with Crippen LogP contribution in [0.4, 0.5) is 5.82 Å². The van der Waals surface area contributed by atoms with Gasteiger partial charge in [-0.25, -0.2) is 4.98 Å². The Morgan fingerprint density at radius 1 is 1.61 bits per heavy atom. The van der Waals surface area contributed by atoms with E-state index in [2.05, 4.69) is 35.1 Å². The molecule has 0 amide bonds. The van der Waals surface area contributed by atoms with Gasteiger partial charge in [-0.05, 0) is 32.4 Å². The number of hydrogen-bond acceptors (Lipinski definition) is 4. The van der Waals surface area contributed by atoms with E-state index in [9.17, 15) is 5.11 Å². The number of rotatable bonds is 4. The Hall–Kier alpha value is -1.13. The molecule has 100 valence electrons. The van der Waals surface area contributed by atoms with Crippen LogP contribution in [0, 0.1) is 5.92 Å². The first-order chi connectivity index (χ1) is 8.69. The summed E-state index contributed by atoms with van der Waals surface area (Å²) in [5.74, 6) is 1.54. The SMILES string of the molecule is CNC(C)c1cccnc1N1CCC(C)C1CO. The number of aromatic nitrogens is 1. The van der Waals surface area contributed by atoms with E-state index in [4.69, 9.17) is 0 Å². The summed E-state index contributed by atoms with van der Waals surface area (Å²) in [4.78, 5) is 6.79. The minimum Gasteiger partial charge on any atom is -0.394 e. The van der Waals surface area contributed by atoms with Crippen molar-refractivity contribution in [2.75, 3.05) is 25.1 Å². The summed E-state index contributed by atoms with van der Waals surface area (Å²) < 4.78 is 0. The van der Waals surface area contributed by atoms with Crippen molar-refractivity contribution in [3.63, 3.8) is 0 Å². The number of aliphatic hydroxyl groups is 1. The van der Waals surface area contributed by atoms with Crippen LogP contribution in [0.5, 0.6) is 0 Å². The van der Waals surface area contributed by atoms with Gasteiger partial charge in [-0.1, -0.05) is 13.0 Å². The molecular weight excluding hydrogens is 226 g/mol. The minimum absolute atomic E-state index is 0.197. The van der Waals surface area contributed by atoms with Crippen LogP contribution in [0.3, 0.4) is 0 Å². The van der Waals surface area contributed by atoms with Crippen molar-refractivity contribution in [1.82, 2.24) is 10.3 Å². The minimum atomic E-state index is 0.197. The summed E-state index contributed by atoms with van der Waals surface area (Å²) in [7, 11) is 1.96. The normalized spacial score (nSPS) is 25.4. The first-order valence-corrected chi connectivity index (χ1v) is 6.68. The number of pyridine rings is 1. The van der Waals surface area contributed by atoms with E-state index in [0.717, 1.165) is 18.8 Å². The van der Waals surface area contributed by atoms with E-state index < -0.39 is 0 Å². The molecule has 3 unspecified atom stereocenters. The second kappa shape index (κ2) is 5.67. The average Bonchev–Trinajstić information content (AvgIpc) is 2.78. The highest BCUT2D eigenvalue weighted by Gasteiger charge is 2.32. The van der Waals surface area contributed by atoms with E-state index in [0.29, 0.717) is 5.92 Å². The fourth-order valence-corrected chi connectivity index (χ4v) is 2.69. The molecule has 4 heteroatoms. The lowest BCUT2D eigenvalue weighted by molar-refractivity contribution is 0.244. The van der Waals surface area contributed by atoms with Crippen molar-refractivity contribution < 1.29 is 5.11 Å². The molecule has 0 spiro atoms. The zero-order valence-electron chi connectivity index (χ0n) is 11.4. The van der Waals surface area contributed by atoms with Gasteiger partial charge < -0.3 is 15.3 Å². The molecular formula is C14H23N3O. The molecule has 0 aliphatic carbocycles. The first kappa shape index (κ1) is 13.3. The Bertz CT molecular complexity index is 396. The summed E-state index contributed by atoms with van der Waals surface area (Å²) in [5.41, 5.74) is 1.20. The maximum atomic E-state index is 9.57. The molecule has 0 aromatic carbocycles. The molecule has 1 fully saturated rings. The van der Waals surface area contributed by atoms with Gasteiger partial charge in [0.05, 0.1) is 12.6 Å². The first-order valence-electron chi connectivity index (χ1n) is 6.68. The van der Waals surface area contributed by atoms with Gasteiger partial charge >= 0.3 is 0 Å². The lowest BCUT2D eigenvalue weighted by Crippen LogP contribution is -2.36.